The molecule has 1 aromatic carbocycles. The molecule has 0 saturated heterocycles. The maximum absolute atomic E-state index is 13.0. The van der Waals surface area contributed by atoms with Crippen LogP contribution in [0.1, 0.15) is 32.8 Å². The molecule has 1 unspecified atom stereocenters. The van der Waals surface area contributed by atoms with Crippen molar-refractivity contribution >= 4 is 17.2 Å². The van der Waals surface area contributed by atoms with Gasteiger partial charge < -0.3 is 10.4 Å². The molecule has 0 bridgehead atoms. The van der Waals surface area contributed by atoms with E-state index in [4.69, 9.17) is 0 Å². The number of rotatable bonds is 6. The molecule has 0 radical (unpaired) electrons. The Kier molecular flexibility index (Phi) is 7.19. The van der Waals surface area contributed by atoms with Crippen molar-refractivity contribution < 1.29 is 9.50 Å². The normalized spacial score (nSPS) is 14.6. The van der Waals surface area contributed by atoms with Crippen molar-refractivity contribution in [3.8, 4) is 0 Å². The van der Waals surface area contributed by atoms with Crippen LogP contribution in [0.15, 0.2) is 52.7 Å². The van der Waals surface area contributed by atoms with Gasteiger partial charge in [-0.1, -0.05) is 13.5 Å². The summed E-state index contributed by atoms with van der Waals surface area (Å²) in [5, 5.41) is 13.0. The number of nitrogens with one attached hydrogen (secondary N) is 1. The van der Waals surface area contributed by atoms with Crippen LogP contribution in [0.5, 0.6) is 0 Å². The zero-order chi connectivity index (χ0) is 17.4. The minimum absolute atomic E-state index is 0.263. The molecule has 0 aliphatic heterocycles. The number of allylic oxidation sites excluding steroid dienone is 1. The van der Waals surface area contributed by atoms with Gasteiger partial charge in [0.25, 0.3) is 0 Å². The van der Waals surface area contributed by atoms with E-state index in [2.05, 4.69) is 21.9 Å². The van der Waals surface area contributed by atoms with Crippen molar-refractivity contribution in [1.29, 1.82) is 0 Å². The van der Waals surface area contributed by atoms with Crippen molar-refractivity contribution in [2.24, 2.45) is 9.98 Å². The molecule has 124 valence electrons. The average Bonchev–Trinajstić information content (AvgIpc) is 2.52. The largest absolute Gasteiger partial charge is 0.510 e. The summed E-state index contributed by atoms with van der Waals surface area (Å²) < 4.78 is 13.0. The lowest BCUT2D eigenvalue weighted by molar-refractivity contribution is 0.362. The molecule has 1 atom stereocenters. The highest BCUT2D eigenvalue weighted by Crippen LogP contribution is 2.14. The van der Waals surface area contributed by atoms with Crippen molar-refractivity contribution in [1.82, 2.24) is 5.32 Å². The molecule has 5 heteroatoms. The standard InChI is InChI=1S/C18H24FN3O/c1-6-7-17(23)13(3)22-18(20-5)14(4)21-12(2)15-8-10-16(19)11-9-15/h7-11,13,23H,2,6H2,1,3-5H3,(H,20,22)/b17-7+,21-14?. The Labute approximate surface area is 137 Å². The first-order chi connectivity index (χ1) is 10.9. The van der Waals surface area contributed by atoms with Gasteiger partial charge in [0.2, 0.25) is 0 Å². The Bertz CT molecular complexity index is 630. The van der Waals surface area contributed by atoms with Crippen LogP contribution in [-0.2, 0) is 0 Å². The second-order valence-corrected chi connectivity index (χ2v) is 5.13. The van der Waals surface area contributed by atoms with E-state index in [0.717, 1.165) is 12.0 Å². The summed E-state index contributed by atoms with van der Waals surface area (Å²) in [6, 6.07) is 5.73. The molecule has 4 nitrogen and oxygen atoms in total. The lowest BCUT2D eigenvalue weighted by atomic mass is 10.1. The fourth-order valence-corrected chi connectivity index (χ4v) is 1.96. The van der Waals surface area contributed by atoms with E-state index in [0.29, 0.717) is 17.2 Å². The smallest absolute Gasteiger partial charge is 0.143 e. The van der Waals surface area contributed by atoms with Crippen molar-refractivity contribution in [3.63, 3.8) is 0 Å². The number of aliphatic imine (C=N–C) groups is 2. The summed E-state index contributed by atoms with van der Waals surface area (Å²) in [4.78, 5) is 8.58. The van der Waals surface area contributed by atoms with Gasteiger partial charge in [-0.15, -0.1) is 0 Å². The summed E-state index contributed by atoms with van der Waals surface area (Å²) in [7, 11) is 1.65. The van der Waals surface area contributed by atoms with Gasteiger partial charge in [-0.25, -0.2) is 9.38 Å². The van der Waals surface area contributed by atoms with E-state index in [-0.39, 0.29) is 17.6 Å². The van der Waals surface area contributed by atoms with Crippen molar-refractivity contribution in [3.05, 3.63) is 54.1 Å². The van der Waals surface area contributed by atoms with Gasteiger partial charge in [-0.2, -0.15) is 0 Å². The number of benzene rings is 1. The third-order valence-corrected chi connectivity index (χ3v) is 3.26. The van der Waals surface area contributed by atoms with E-state index in [1.54, 1.807) is 32.2 Å². The molecule has 23 heavy (non-hydrogen) atoms. The van der Waals surface area contributed by atoms with Gasteiger partial charge in [-0.3, -0.25) is 4.99 Å². The SMILES string of the molecule is C=C(N=C(C)C(=NC)NC(C)/C(O)=C\CC)c1ccc(F)cc1. The van der Waals surface area contributed by atoms with Crippen LogP contribution in [0.4, 0.5) is 4.39 Å². The first-order valence-electron chi connectivity index (χ1n) is 7.51. The molecule has 0 spiro atoms. The minimum Gasteiger partial charge on any atom is -0.510 e. The molecule has 0 aliphatic carbocycles. The van der Waals surface area contributed by atoms with Crippen LogP contribution in [0, 0.1) is 5.82 Å². The maximum Gasteiger partial charge on any atom is 0.143 e. The van der Waals surface area contributed by atoms with Crippen LogP contribution in [0.2, 0.25) is 0 Å². The topological polar surface area (TPSA) is 57.0 Å². The summed E-state index contributed by atoms with van der Waals surface area (Å²) in [5.41, 5.74) is 1.90. The van der Waals surface area contributed by atoms with E-state index < -0.39 is 0 Å². The van der Waals surface area contributed by atoms with Crippen LogP contribution >= 0.6 is 0 Å². The molecule has 0 aliphatic rings. The molecule has 0 aromatic heterocycles. The number of halogens is 1. The van der Waals surface area contributed by atoms with Crippen molar-refractivity contribution in [2.45, 2.75) is 33.2 Å². The van der Waals surface area contributed by atoms with Gasteiger partial charge in [0.1, 0.15) is 17.4 Å². The van der Waals surface area contributed by atoms with Crippen LogP contribution in [0.3, 0.4) is 0 Å². The monoisotopic (exact) mass is 317 g/mol. The Morgan fingerprint density at radius 3 is 2.52 bits per heavy atom. The molecule has 0 heterocycles. The first kappa shape index (κ1) is 18.6. The summed E-state index contributed by atoms with van der Waals surface area (Å²) >= 11 is 0. The summed E-state index contributed by atoms with van der Waals surface area (Å²) in [6.45, 7) is 9.50. The van der Waals surface area contributed by atoms with E-state index in [9.17, 15) is 9.50 Å². The highest BCUT2D eigenvalue weighted by Gasteiger charge is 2.11. The van der Waals surface area contributed by atoms with Gasteiger partial charge in [0, 0.05) is 7.05 Å². The van der Waals surface area contributed by atoms with Gasteiger partial charge in [0.15, 0.2) is 0 Å². The third kappa shape index (κ3) is 5.70. The summed E-state index contributed by atoms with van der Waals surface area (Å²) in [5.74, 6) is 0.530. The molecule has 2 N–H and O–H groups in total. The zero-order valence-electron chi connectivity index (χ0n) is 14.1. The highest BCUT2D eigenvalue weighted by atomic mass is 19.1. The Morgan fingerprint density at radius 2 is 2.00 bits per heavy atom. The predicted octanol–water partition coefficient (Wildman–Crippen LogP) is 4.12. The fraction of sp³-hybridized carbons (Fsp3) is 0.333. The highest BCUT2D eigenvalue weighted by molar-refractivity contribution is 6.41. The lowest BCUT2D eigenvalue weighted by Crippen LogP contribution is -2.38. The minimum atomic E-state index is -0.299. The van der Waals surface area contributed by atoms with E-state index in [1.807, 2.05) is 13.8 Å². The number of aliphatic hydroxyl groups excluding tert-OH is 1. The molecular formula is C18H24FN3O. The number of hydrogen-bond acceptors (Lipinski definition) is 3. The fourth-order valence-electron chi connectivity index (χ4n) is 1.96. The number of aliphatic hydroxyl groups is 1. The second-order valence-electron chi connectivity index (χ2n) is 5.13. The first-order valence-corrected chi connectivity index (χ1v) is 7.51. The molecule has 1 aromatic rings. The predicted molar refractivity (Wildman–Crippen MR) is 95.5 cm³/mol. The zero-order valence-corrected chi connectivity index (χ0v) is 14.1. The van der Waals surface area contributed by atoms with E-state index >= 15 is 0 Å². The maximum atomic E-state index is 13.0. The second kappa shape index (κ2) is 8.88. The van der Waals surface area contributed by atoms with Crippen LogP contribution in [0.25, 0.3) is 5.70 Å². The molecule has 1 rings (SSSR count). The number of nitrogens with zero attached hydrogens (tertiary/aromatic N) is 2. The average molecular weight is 317 g/mol. The Morgan fingerprint density at radius 1 is 1.39 bits per heavy atom. The van der Waals surface area contributed by atoms with Gasteiger partial charge in [-0.05, 0) is 56.2 Å². The van der Waals surface area contributed by atoms with E-state index in [1.165, 1.54) is 12.1 Å². The Hall–Kier alpha value is -2.43. The van der Waals surface area contributed by atoms with Crippen LogP contribution < -0.4 is 5.32 Å². The number of hydrogen-bond donors (Lipinski definition) is 2. The summed E-state index contributed by atoms with van der Waals surface area (Å²) in [6.07, 6.45) is 2.50. The number of amidine groups is 1. The quantitative estimate of drug-likeness (QED) is 0.471. The molecule has 0 fully saturated rings. The molecular weight excluding hydrogens is 293 g/mol. The lowest BCUT2D eigenvalue weighted by Gasteiger charge is -2.16. The third-order valence-electron chi connectivity index (χ3n) is 3.26. The van der Waals surface area contributed by atoms with Gasteiger partial charge >= 0.3 is 0 Å². The molecule has 0 amide bonds. The molecule has 0 saturated carbocycles. The van der Waals surface area contributed by atoms with Crippen molar-refractivity contribution in [2.75, 3.05) is 7.05 Å². The van der Waals surface area contributed by atoms with Gasteiger partial charge in [0.05, 0.1) is 17.5 Å². The Balaban J connectivity index is 2.87. The van der Waals surface area contributed by atoms with Crippen LogP contribution in [-0.4, -0.2) is 29.7 Å².